The van der Waals surface area contributed by atoms with Gasteiger partial charge in [-0.2, -0.15) is 0 Å². The summed E-state index contributed by atoms with van der Waals surface area (Å²) in [5.41, 5.74) is 5.28. The maximum absolute atomic E-state index is 11.3. The van der Waals surface area contributed by atoms with Gasteiger partial charge in [0.15, 0.2) is 0 Å². The molecule has 3 nitrogen and oxygen atoms in total. The van der Waals surface area contributed by atoms with E-state index < -0.39 is 0 Å². The van der Waals surface area contributed by atoms with Gasteiger partial charge in [0, 0.05) is 6.54 Å². The zero-order valence-electron chi connectivity index (χ0n) is 9.71. The van der Waals surface area contributed by atoms with Crippen molar-refractivity contribution in [3.63, 3.8) is 0 Å². The first-order chi connectivity index (χ1) is 7.10. The molecule has 1 unspecified atom stereocenters. The first-order valence-corrected chi connectivity index (χ1v) is 6.05. The molecule has 88 valence electrons. The van der Waals surface area contributed by atoms with Crippen molar-refractivity contribution in [3.8, 4) is 0 Å². The maximum atomic E-state index is 11.3. The van der Waals surface area contributed by atoms with E-state index in [4.69, 9.17) is 5.73 Å². The van der Waals surface area contributed by atoms with E-state index >= 15 is 0 Å². The van der Waals surface area contributed by atoms with E-state index in [1.54, 1.807) is 0 Å². The van der Waals surface area contributed by atoms with Crippen molar-refractivity contribution in [3.05, 3.63) is 0 Å². The molecule has 0 aromatic heterocycles. The molecule has 0 spiro atoms. The van der Waals surface area contributed by atoms with Crippen molar-refractivity contribution in [1.29, 1.82) is 0 Å². The first kappa shape index (κ1) is 14.4. The molecule has 15 heavy (non-hydrogen) atoms. The fraction of sp³-hybridized carbons (Fsp3) is 0.818. The smallest absolute Gasteiger partial charge is 0.226 e. The van der Waals surface area contributed by atoms with Crippen LogP contribution >= 0.6 is 12.2 Å². The number of nitrogens with two attached hydrogens (primary N) is 1. The Bertz CT molecular complexity index is 207. The third kappa shape index (κ3) is 8.36. The predicted molar refractivity (Wildman–Crippen MR) is 67.7 cm³/mol. The lowest BCUT2D eigenvalue weighted by molar-refractivity contribution is -0.120. The van der Waals surface area contributed by atoms with Crippen molar-refractivity contribution >= 4 is 23.1 Å². The molecule has 0 aliphatic heterocycles. The molecular weight excluding hydrogens is 208 g/mol. The zero-order valence-corrected chi connectivity index (χ0v) is 10.5. The van der Waals surface area contributed by atoms with Crippen LogP contribution < -0.4 is 11.1 Å². The van der Waals surface area contributed by atoms with E-state index in [9.17, 15) is 4.79 Å². The van der Waals surface area contributed by atoms with Crippen molar-refractivity contribution < 1.29 is 4.79 Å². The second-order valence-electron chi connectivity index (χ2n) is 3.86. The number of unbranched alkanes of at least 4 members (excludes halogenated alkanes) is 1. The van der Waals surface area contributed by atoms with E-state index in [0.29, 0.717) is 5.92 Å². The predicted octanol–water partition coefficient (Wildman–Crippen LogP) is 2.00. The van der Waals surface area contributed by atoms with Gasteiger partial charge in [-0.3, -0.25) is 4.79 Å². The molecule has 1 atom stereocenters. The summed E-state index contributed by atoms with van der Waals surface area (Å²) in [6.07, 6.45) is 4.88. The van der Waals surface area contributed by atoms with Crippen molar-refractivity contribution in [2.24, 2.45) is 11.7 Å². The van der Waals surface area contributed by atoms with Crippen LogP contribution in [0.3, 0.4) is 0 Å². The van der Waals surface area contributed by atoms with Gasteiger partial charge in [-0.1, -0.05) is 45.3 Å². The topological polar surface area (TPSA) is 55.1 Å². The standard InChI is InChI=1S/C11H22N2OS/c1-3-5-6-9(4-2)8-13-11(14)7-10(12)15/h9H,3-8H2,1-2H3,(H2,12,15)(H,13,14). The maximum Gasteiger partial charge on any atom is 0.226 e. The number of hydrogen-bond donors (Lipinski definition) is 2. The van der Waals surface area contributed by atoms with Crippen molar-refractivity contribution in [2.75, 3.05) is 6.54 Å². The molecule has 0 aromatic carbocycles. The van der Waals surface area contributed by atoms with Crippen LogP contribution in [-0.4, -0.2) is 17.4 Å². The monoisotopic (exact) mass is 230 g/mol. The van der Waals surface area contributed by atoms with Crippen LogP contribution in [-0.2, 0) is 4.79 Å². The molecule has 0 radical (unpaired) electrons. The number of amides is 1. The van der Waals surface area contributed by atoms with E-state index in [1.165, 1.54) is 19.3 Å². The molecule has 4 heteroatoms. The Morgan fingerprint density at radius 1 is 1.47 bits per heavy atom. The first-order valence-electron chi connectivity index (χ1n) is 5.65. The molecule has 0 aromatic rings. The molecule has 0 aliphatic carbocycles. The second kappa shape index (κ2) is 8.65. The number of thiocarbonyl (C=S) groups is 1. The van der Waals surface area contributed by atoms with E-state index in [2.05, 4.69) is 31.4 Å². The van der Waals surface area contributed by atoms with E-state index in [1.807, 2.05) is 0 Å². The summed E-state index contributed by atoms with van der Waals surface area (Å²) < 4.78 is 0. The van der Waals surface area contributed by atoms with Crippen LogP contribution in [0.25, 0.3) is 0 Å². The van der Waals surface area contributed by atoms with E-state index in [-0.39, 0.29) is 17.3 Å². The van der Waals surface area contributed by atoms with Gasteiger partial charge in [-0.25, -0.2) is 0 Å². The van der Waals surface area contributed by atoms with Crippen molar-refractivity contribution in [2.45, 2.75) is 46.0 Å². The largest absolute Gasteiger partial charge is 0.393 e. The quantitative estimate of drug-likeness (QED) is 0.627. The molecule has 0 fully saturated rings. The van der Waals surface area contributed by atoms with Crippen LogP contribution in [0.4, 0.5) is 0 Å². The Morgan fingerprint density at radius 3 is 2.60 bits per heavy atom. The van der Waals surface area contributed by atoms with Gasteiger partial charge in [0.1, 0.15) is 0 Å². The average Bonchev–Trinajstić information content (AvgIpc) is 2.17. The minimum absolute atomic E-state index is 0.0579. The normalized spacial score (nSPS) is 12.1. The summed E-state index contributed by atoms with van der Waals surface area (Å²) >= 11 is 4.67. The molecule has 3 N–H and O–H groups in total. The molecular formula is C11H22N2OS. The lowest BCUT2D eigenvalue weighted by Gasteiger charge is -2.14. The number of carbonyl (C=O) groups is 1. The fourth-order valence-electron chi connectivity index (χ4n) is 1.42. The van der Waals surface area contributed by atoms with E-state index in [0.717, 1.165) is 13.0 Å². The van der Waals surface area contributed by atoms with Crippen LogP contribution in [0, 0.1) is 5.92 Å². The molecule has 0 aliphatic rings. The third-order valence-corrected chi connectivity index (χ3v) is 2.61. The number of rotatable bonds is 8. The molecule has 1 amide bonds. The lowest BCUT2D eigenvalue weighted by atomic mass is 9.99. The second-order valence-corrected chi connectivity index (χ2v) is 4.39. The minimum Gasteiger partial charge on any atom is -0.393 e. The molecule has 0 saturated heterocycles. The zero-order chi connectivity index (χ0) is 11.7. The summed E-state index contributed by atoms with van der Waals surface area (Å²) in [5.74, 6) is 0.526. The summed E-state index contributed by atoms with van der Waals surface area (Å²) in [4.78, 5) is 11.5. The Morgan fingerprint density at radius 2 is 2.13 bits per heavy atom. The van der Waals surface area contributed by atoms with Gasteiger partial charge < -0.3 is 11.1 Å². The summed E-state index contributed by atoms with van der Waals surface area (Å²) in [6, 6.07) is 0. The van der Waals surface area contributed by atoms with Gasteiger partial charge in [0.05, 0.1) is 11.4 Å². The highest BCUT2D eigenvalue weighted by Gasteiger charge is 2.08. The van der Waals surface area contributed by atoms with Crippen LogP contribution in [0.1, 0.15) is 46.0 Å². The molecule has 0 heterocycles. The lowest BCUT2D eigenvalue weighted by Crippen LogP contribution is -2.31. The molecule has 0 saturated carbocycles. The van der Waals surface area contributed by atoms with Gasteiger partial charge >= 0.3 is 0 Å². The van der Waals surface area contributed by atoms with Crippen molar-refractivity contribution in [1.82, 2.24) is 5.32 Å². The van der Waals surface area contributed by atoms with Gasteiger partial charge in [-0.05, 0) is 12.3 Å². The Hall–Kier alpha value is -0.640. The number of carbonyl (C=O) groups excluding carboxylic acids is 1. The highest BCUT2D eigenvalue weighted by atomic mass is 32.1. The minimum atomic E-state index is -0.0579. The number of hydrogen-bond acceptors (Lipinski definition) is 2. The fourth-order valence-corrected chi connectivity index (χ4v) is 1.55. The summed E-state index contributed by atoms with van der Waals surface area (Å²) in [6.45, 7) is 5.08. The Labute approximate surface area is 97.8 Å². The Kier molecular flexibility index (Phi) is 8.28. The SMILES string of the molecule is CCCCC(CC)CNC(=O)CC(N)=S. The summed E-state index contributed by atoms with van der Waals surface area (Å²) in [5, 5.41) is 2.87. The molecule has 0 rings (SSSR count). The molecule has 0 bridgehead atoms. The Balaban J connectivity index is 3.69. The number of nitrogens with one attached hydrogen (secondary N) is 1. The van der Waals surface area contributed by atoms with Gasteiger partial charge in [-0.15, -0.1) is 0 Å². The van der Waals surface area contributed by atoms with Crippen LogP contribution in [0.15, 0.2) is 0 Å². The average molecular weight is 230 g/mol. The van der Waals surface area contributed by atoms with Crippen LogP contribution in [0.5, 0.6) is 0 Å². The summed E-state index contributed by atoms with van der Waals surface area (Å²) in [7, 11) is 0. The van der Waals surface area contributed by atoms with Gasteiger partial charge in [0.25, 0.3) is 0 Å². The highest BCUT2D eigenvalue weighted by Crippen LogP contribution is 2.11. The van der Waals surface area contributed by atoms with Gasteiger partial charge in [0.2, 0.25) is 5.91 Å². The third-order valence-electron chi connectivity index (χ3n) is 2.47. The highest BCUT2D eigenvalue weighted by molar-refractivity contribution is 7.80. The van der Waals surface area contributed by atoms with Crippen LogP contribution in [0.2, 0.25) is 0 Å².